The average Bonchev–Trinajstić information content (AvgIpc) is 2.63. The van der Waals surface area contributed by atoms with Gasteiger partial charge in [0.2, 0.25) is 0 Å². The van der Waals surface area contributed by atoms with Crippen LogP contribution in [0.25, 0.3) is 0 Å². The maximum atomic E-state index is 3.82. The Morgan fingerprint density at radius 1 is 1.00 bits per heavy atom. The normalized spacial score (nSPS) is 14.5. The van der Waals surface area contributed by atoms with Crippen LogP contribution in [0.5, 0.6) is 0 Å². The van der Waals surface area contributed by atoms with Crippen molar-refractivity contribution in [2.75, 3.05) is 7.05 Å². The molecule has 1 heteroatoms. The quantitative estimate of drug-likeness (QED) is 0.374. The standard InChI is InChI=1S/C21H33N.C4H6/c1-9-12-20(13-16(4)5)19(11-3)15-18(7)21(22-8)14-17(6)10-2;1-3-4-2/h9-16,21-22H,2H2,1,3-8H3;1-2H3/b12-9-,17-14-,18-15+,19-11+,20-13+;. The molecule has 0 saturated heterocycles. The van der Waals surface area contributed by atoms with E-state index in [1.165, 1.54) is 22.3 Å². The van der Waals surface area contributed by atoms with E-state index >= 15 is 0 Å². The molecule has 1 unspecified atom stereocenters. The summed E-state index contributed by atoms with van der Waals surface area (Å²) in [5.41, 5.74) is 5.00. The Labute approximate surface area is 163 Å². The van der Waals surface area contributed by atoms with E-state index in [9.17, 15) is 0 Å². The van der Waals surface area contributed by atoms with Crippen molar-refractivity contribution in [2.24, 2.45) is 5.92 Å². The number of nitrogens with one attached hydrogen (secondary N) is 1. The Bertz CT molecular complexity index is 604. The van der Waals surface area contributed by atoms with Gasteiger partial charge in [-0.2, -0.15) is 0 Å². The first kappa shape index (κ1) is 26.2. The lowest BCUT2D eigenvalue weighted by Crippen LogP contribution is -2.24. The number of hydrogen-bond acceptors (Lipinski definition) is 1. The van der Waals surface area contributed by atoms with E-state index < -0.39 is 0 Å². The average molecular weight is 354 g/mol. The van der Waals surface area contributed by atoms with Crippen molar-refractivity contribution in [3.8, 4) is 11.8 Å². The molecule has 1 nitrogen and oxygen atoms in total. The molecular formula is C25H39N. The van der Waals surface area contributed by atoms with Crippen LogP contribution in [0.15, 0.2) is 71.4 Å². The molecule has 144 valence electrons. The fourth-order valence-electron chi connectivity index (χ4n) is 2.23. The zero-order valence-electron chi connectivity index (χ0n) is 18.4. The van der Waals surface area contributed by atoms with Gasteiger partial charge in [0, 0.05) is 6.04 Å². The van der Waals surface area contributed by atoms with Gasteiger partial charge in [0.1, 0.15) is 0 Å². The summed E-state index contributed by atoms with van der Waals surface area (Å²) in [6, 6.07) is 0.221. The highest BCUT2D eigenvalue weighted by atomic mass is 14.9. The van der Waals surface area contributed by atoms with Crippen molar-refractivity contribution < 1.29 is 0 Å². The summed E-state index contributed by atoms with van der Waals surface area (Å²) < 4.78 is 0. The highest BCUT2D eigenvalue weighted by Crippen LogP contribution is 2.19. The Kier molecular flexibility index (Phi) is 16.6. The molecule has 1 N–H and O–H groups in total. The van der Waals surface area contributed by atoms with Crippen molar-refractivity contribution in [1.82, 2.24) is 5.32 Å². The lowest BCUT2D eigenvalue weighted by atomic mass is 9.96. The van der Waals surface area contributed by atoms with Crippen LogP contribution in [0.2, 0.25) is 0 Å². The lowest BCUT2D eigenvalue weighted by Gasteiger charge is -2.15. The van der Waals surface area contributed by atoms with Gasteiger partial charge in [0.25, 0.3) is 0 Å². The summed E-state index contributed by atoms with van der Waals surface area (Å²) >= 11 is 0. The molecule has 0 aliphatic carbocycles. The van der Waals surface area contributed by atoms with Gasteiger partial charge in [-0.15, -0.1) is 11.8 Å². The van der Waals surface area contributed by atoms with Gasteiger partial charge < -0.3 is 5.32 Å². The van der Waals surface area contributed by atoms with E-state index in [0.717, 1.165) is 0 Å². The van der Waals surface area contributed by atoms with Crippen molar-refractivity contribution in [3.05, 3.63) is 71.4 Å². The van der Waals surface area contributed by atoms with Gasteiger partial charge in [0.15, 0.2) is 0 Å². The molecule has 26 heavy (non-hydrogen) atoms. The molecule has 0 radical (unpaired) electrons. The Morgan fingerprint density at radius 3 is 1.92 bits per heavy atom. The lowest BCUT2D eigenvalue weighted by molar-refractivity contribution is 0.747. The van der Waals surface area contributed by atoms with Crippen LogP contribution in [0.4, 0.5) is 0 Å². The third-order valence-electron chi connectivity index (χ3n) is 3.69. The van der Waals surface area contributed by atoms with Gasteiger partial charge >= 0.3 is 0 Å². The summed E-state index contributed by atoms with van der Waals surface area (Å²) in [6.07, 6.45) is 15.1. The maximum Gasteiger partial charge on any atom is 0.0469 e. The second-order valence-corrected chi connectivity index (χ2v) is 6.38. The Hall–Kier alpha value is -2.04. The molecule has 1 atom stereocenters. The minimum atomic E-state index is 0.221. The van der Waals surface area contributed by atoms with E-state index in [4.69, 9.17) is 0 Å². The van der Waals surface area contributed by atoms with Gasteiger partial charge in [-0.1, -0.05) is 74.1 Å². The number of allylic oxidation sites excluding steroid dienone is 9. The first-order valence-electron chi connectivity index (χ1n) is 9.32. The molecule has 0 bridgehead atoms. The van der Waals surface area contributed by atoms with E-state index in [-0.39, 0.29) is 6.04 Å². The van der Waals surface area contributed by atoms with Gasteiger partial charge in [-0.25, -0.2) is 0 Å². The smallest absolute Gasteiger partial charge is 0.0469 e. The monoisotopic (exact) mass is 353 g/mol. The van der Waals surface area contributed by atoms with E-state index in [1.807, 2.05) is 27.0 Å². The molecule has 0 amide bonds. The Balaban J connectivity index is 0. The summed E-state index contributed by atoms with van der Waals surface area (Å²) in [6.45, 7) is 20.3. The molecule has 0 fully saturated rings. The van der Waals surface area contributed by atoms with E-state index in [2.05, 4.69) is 102 Å². The van der Waals surface area contributed by atoms with Crippen molar-refractivity contribution >= 4 is 0 Å². The molecule has 0 aliphatic heterocycles. The predicted octanol–water partition coefficient (Wildman–Crippen LogP) is 6.79. The zero-order chi connectivity index (χ0) is 20.5. The van der Waals surface area contributed by atoms with Crippen LogP contribution < -0.4 is 5.32 Å². The van der Waals surface area contributed by atoms with Crippen LogP contribution in [-0.4, -0.2) is 13.1 Å². The number of likely N-dealkylation sites (N-methyl/N-ethyl adjacent to an activating group) is 1. The zero-order valence-corrected chi connectivity index (χ0v) is 18.4. The molecular weight excluding hydrogens is 314 g/mol. The predicted molar refractivity (Wildman–Crippen MR) is 121 cm³/mol. The van der Waals surface area contributed by atoms with Crippen molar-refractivity contribution in [3.63, 3.8) is 0 Å². The van der Waals surface area contributed by atoms with E-state index in [0.29, 0.717) is 5.92 Å². The van der Waals surface area contributed by atoms with Gasteiger partial charge in [-0.3, -0.25) is 0 Å². The molecule has 0 aromatic heterocycles. The summed E-state index contributed by atoms with van der Waals surface area (Å²) in [7, 11) is 1.99. The Morgan fingerprint density at radius 2 is 1.58 bits per heavy atom. The summed E-state index contributed by atoms with van der Waals surface area (Å²) in [5.74, 6) is 5.89. The minimum absolute atomic E-state index is 0.221. The fraction of sp³-hybridized carbons (Fsp3) is 0.440. The first-order valence-corrected chi connectivity index (χ1v) is 9.32. The molecule has 0 heterocycles. The van der Waals surface area contributed by atoms with Crippen LogP contribution in [0, 0.1) is 17.8 Å². The summed E-state index contributed by atoms with van der Waals surface area (Å²) in [4.78, 5) is 0. The number of hydrogen-bond donors (Lipinski definition) is 1. The van der Waals surface area contributed by atoms with Crippen LogP contribution in [0.3, 0.4) is 0 Å². The fourth-order valence-corrected chi connectivity index (χ4v) is 2.23. The van der Waals surface area contributed by atoms with Gasteiger partial charge in [0.05, 0.1) is 0 Å². The topological polar surface area (TPSA) is 12.0 Å². The first-order chi connectivity index (χ1) is 12.3. The maximum absolute atomic E-state index is 3.82. The van der Waals surface area contributed by atoms with Gasteiger partial charge in [-0.05, 0) is 65.7 Å². The molecule has 0 saturated carbocycles. The third-order valence-corrected chi connectivity index (χ3v) is 3.69. The van der Waals surface area contributed by atoms with Crippen molar-refractivity contribution in [2.45, 2.75) is 61.4 Å². The highest BCUT2D eigenvalue weighted by Gasteiger charge is 2.07. The minimum Gasteiger partial charge on any atom is -0.310 e. The third kappa shape index (κ3) is 12.3. The molecule has 0 rings (SSSR count). The van der Waals surface area contributed by atoms with Crippen molar-refractivity contribution in [1.29, 1.82) is 0 Å². The SMILES string of the molecule is C=C/C(C)=C\C(NC)/C(C)=C/C(=C\C)C(/C=C\C)=C/C(C)C.CC#CC. The molecule has 0 aliphatic rings. The summed E-state index contributed by atoms with van der Waals surface area (Å²) in [5, 5.41) is 3.35. The van der Waals surface area contributed by atoms with Crippen LogP contribution in [-0.2, 0) is 0 Å². The number of rotatable bonds is 8. The largest absolute Gasteiger partial charge is 0.310 e. The van der Waals surface area contributed by atoms with E-state index in [1.54, 1.807) is 0 Å². The second-order valence-electron chi connectivity index (χ2n) is 6.38. The second kappa shape index (κ2) is 16.4. The van der Waals surface area contributed by atoms with Crippen LogP contribution >= 0.6 is 0 Å². The molecule has 0 aromatic carbocycles. The van der Waals surface area contributed by atoms with Crippen LogP contribution in [0.1, 0.15) is 55.4 Å². The molecule has 0 aromatic rings. The molecule has 0 spiro atoms. The highest BCUT2D eigenvalue weighted by molar-refractivity contribution is 5.48.